The molecule has 0 radical (unpaired) electrons. The molecular weight excluding hydrogens is 326 g/mol. The van der Waals surface area contributed by atoms with Gasteiger partial charge in [-0.05, 0) is 41.2 Å². The molecule has 1 aliphatic heterocycles. The van der Waals surface area contributed by atoms with Gasteiger partial charge in [0.2, 0.25) is 0 Å². The summed E-state index contributed by atoms with van der Waals surface area (Å²) in [6.45, 7) is 4.46. The summed E-state index contributed by atoms with van der Waals surface area (Å²) in [6.07, 6.45) is 7.40. The second-order valence-electron chi connectivity index (χ2n) is 7.19. The first-order valence-electron chi connectivity index (χ1n) is 9.68. The van der Waals surface area contributed by atoms with Gasteiger partial charge in [0.05, 0.1) is 5.41 Å². The van der Waals surface area contributed by atoms with Gasteiger partial charge in [0.1, 0.15) is 0 Å². The number of aliphatic imine (C=N–C) groups is 1. The standard InChI is InChI=1S/C26H25N/c1-3-21-12-10-11-20(2)25(21)24-19-27-18-17-26(24,22-13-6-4-7-14-22)23-15-8-5-9-16-23/h4-19,24H,3H2,1-2H3. The van der Waals surface area contributed by atoms with Crippen molar-refractivity contribution in [2.45, 2.75) is 31.6 Å². The molecule has 1 atom stereocenters. The molecule has 0 saturated heterocycles. The van der Waals surface area contributed by atoms with Crippen molar-refractivity contribution >= 4 is 6.21 Å². The third-order valence-electron chi connectivity index (χ3n) is 5.76. The van der Waals surface area contributed by atoms with Gasteiger partial charge in [-0.25, -0.2) is 0 Å². The SMILES string of the molecule is CCc1cccc(C)c1C1C=NC=CC1(c1ccccc1)c1ccccc1. The molecule has 3 aromatic rings. The van der Waals surface area contributed by atoms with Gasteiger partial charge < -0.3 is 0 Å². The monoisotopic (exact) mass is 351 g/mol. The zero-order valence-electron chi connectivity index (χ0n) is 16.0. The van der Waals surface area contributed by atoms with Crippen LogP contribution >= 0.6 is 0 Å². The topological polar surface area (TPSA) is 12.4 Å². The van der Waals surface area contributed by atoms with E-state index in [0.29, 0.717) is 0 Å². The summed E-state index contributed by atoms with van der Waals surface area (Å²) in [7, 11) is 0. The van der Waals surface area contributed by atoms with Gasteiger partial charge in [-0.1, -0.05) is 91.9 Å². The minimum Gasteiger partial charge on any atom is -0.269 e. The predicted octanol–water partition coefficient (Wildman–Crippen LogP) is 6.23. The fraction of sp³-hybridized carbons (Fsp3) is 0.192. The molecule has 1 heterocycles. The van der Waals surface area contributed by atoms with Crippen LogP contribution in [0.25, 0.3) is 0 Å². The first kappa shape index (κ1) is 17.5. The average Bonchev–Trinajstić information content (AvgIpc) is 2.75. The maximum atomic E-state index is 4.59. The van der Waals surface area contributed by atoms with Crippen molar-refractivity contribution in [1.82, 2.24) is 0 Å². The maximum absolute atomic E-state index is 4.59. The van der Waals surface area contributed by atoms with E-state index in [-0.39, 0.29) is 11.3 Å². The molecule has 0 saturated carbocycles. The van der Waals surface area contributed by atoms with Crippen LogP contribution in [0.5, 0.6) is 0 Å². The predicted molar refractivity (Wildman–Crippen MR) is 115 cm³/mol. The lowest BCUT2D eigenvalue weighted by Gasteiger charge is -2.41. The summed E-state index contributed by atoms with van der Waals surface area (Å²) in [6, 6.07) is 28.3. The fourth-order valence-corrected chi connectivity index (χ4v) is 4.46. The molecular formula is C26H25N. The average molecular weight is 351 g/mol. The van der Waals surface area contributed by atoms with E-state index in [1.165, 1.54) is 27.8 Å². The third-order valence-corrected chi connectivity index (χ3v) is 5.76. The molecule has 4 rings (SSSR count). The summed E-state index contributed by atoms with van der Waals surface area (Å²) in [5, 5.41) is 0. The van der Waals surface area contributed by atoms with Crippen LogP contribution in [0.2, 0.25) is 0 Å². The fourth-order valence-electron chi connectivity index (χ4n) is 4.46. The zero-order chi connectivity index (χ0) is 18.7. The van der Waals surface area contributed by atoms with Crippen LogP contribution in [0.3, 0.4) is 0 Å². The Morgan fingerprint density at radius 1 is 0.815 bits per heavy atom. The van der Waals surface area contributed by atoms with E-state index in [2.05, 4.69) is 110 Å². The normalized spacial score (nSPS) is 17.8. The zero-order valence-corrected chi connectivity index (χ0v) is 16.0. The van der Waals surface area contributed by atoms with Crippen LogP contribution < -0.4 is 0 Å². The van der Waals surface area contributed by atoms with Crippen LogP contribution in [0.4, 0.5) is 0 Å². The molecule has 0 spiro atoms. The highest BCUT2D eigenvalue weighted by Crippen LogP contribution is 2.48. The number of allylic oxidation sites excluding steroid dienone is 1. The van der Waals surface area contributed by atoms with E-state index in [4.69, 9.17) is 0 Å². The van der Waals surface area contributed by atoms with Crippen molar-refractivity contribution in [3.63, 3.8) is 0 Å². The van der Waals surface area contributed by atoms with Crippen LogP contribution in [-0.4, -0.2) is 6.21 Å². The minimum absolute atomic E-state index is 0.156. The summed E-state index contributed by atoms with van der Waals surface area (Å²) in [4.78, 5) is 4.59. The first-order valence-corrected chi connectivity index (χ1v) is 9.68. The molecule has 0 amide bonds. The van der Waals surface area contributed by atoms with Gasteiger partial charge in [0.25, 0.3) is 0 Å². The molecule has 3 aromatic carbocycles. The Morgan fingerprint density at radius 2 is 1.44 bits per heavy atom. The largest absolute Gasteiger partial charge is 0.269 e. The van der Waals surface area contributed by atoms with Gasteiger partial charge in [-0.15, -0.1) is 0 Å². The third kappa shape index (κ3) is 2.94. The Hall–Kier alpha value is -2.93. The van der Waals surface area contributed by atoms with Crippen molar-refractivity contribution in [2.24, 2.45) is 4.99 Å². The van der Waals surface area contributed by atoms with Crippen molar-refractivity contribution < 1.29 is 0 Å². The Morgan fingerprint density at radius 3 is 2.04 bits per heavy atom. The number of hydrogen-bond donors (Lipinski definition) is 0. The highest BCUT2D eigenvalue weighted by molar-refractivity contribution is 5.78. The minimum atomic E-state index is -0.264. The van der Waals surface area contributed by atoms with Crippen LogP contribution in [0.1, 0.15) is 40.7 Å². The molecule has 27 heavy (non-hydrogen) atoms. The lowest BCUT2D eigenvalue weighted by atomic mass is 9.62. The highest BCUT2D eigenvalue weighted by Gasteiger charge is 2.42. The Labute approximate surface area is 162 Å². The number of nitrogens with zero attached hydrogens (tertiary/aromatic N) is 1. The lowest BCUT2D eigenvalue weighted by molar-refractivity contribution is 0.588. The van der Waals surface area contributed by atoms with Gasteiger partial charge in [-0.3, -0.25) is 4.99 Å². The molecule has 1 heteroatoms. The van der Waals surface area contributed by atoms with Gasteiger partial charge in [-0.2, -0.15) is 0 Å². The first-order chi connectivity index (χ1) is 13.3. The molecule has 1 aliphatic rings. The molecule has 1 unspecified atom stereocenters. The smallest absolute Gasteiger partial charge is 0.0517 e. The van der Waals surface area contributed by atoms with E-state index in [1.807, 2.05) is 6.20 Å². The van der Waals surface area contributed by atoms with Crippen LogP contribution in [0.15, 0.2) is 96.1 Å². The summed E-state index contributed by atoms with van der Waals surface area (Å²) >= 11 is 0. The number of aryl methyl sites for hydroxylation is 2. The van der Waals surface area contributed by atoms with Crippen molar-refractivity contribution in [1.29, 1.82) is 0 Å². The molecule has 0 aliphatic carbocycles. The Bertz CT molecular complexity index is 928. The van der Waals surface area contributed by atoms with Crippen molar-refractivity contribution in [3.05, 3.63) is 119 Å². The number of hydrogen-bond acceptors (Lipinski definition) is 1. The highest BCUT2D eigenvalue weighted by atomic mass is 14.7. The van der Waals surface area contributed by atoms with Gasteiger partial charge >= 0.3 is 0 Å². The summed E-state index contributed by atoms with van der Waals surface area (Å²) in [5.41, 5.74) is 6.47. The molecule has 0 aromatic heterocycles. The van der Waals surface area contributed by atoms with E-state index >= 15 is 0 Å². The Kier molecular flexibility index (Phi) is 4.77. The maximum Gasteiger partial charge on any atom is 0.0517 e. The van der Waals surface area contributed by atoms with Crippen molar-refractivity contribution in [2.75, 3.05) is 0 Å². The summed E-state index contributed by atoms with van der Waals surface area (Å²) < 4.78 is 0. The molecule has 0 bridgehead atoms. The second-order valence-corrected chi connectivity index (χ2v) is 7.19. The number of rotatable bonds is 4. The number of benzene rings is 3. The molecule has 0 N–H and O–H groups in total. The van der Waals surface area contributed by atoms with E-state index in [9.17, 15) is 0 Å². The summed E-state index contributed by atoms with van der Waals surface area (Å²) in [5.74, 6) is 0.156. The van der Waals surface area contributed by atoms with E-state index in [0.717, 1.165) is 6.42 Å². The van der Waals surface area contributed by atoms with Crippen LogP contribution in [0, 0.1) is 6.92 Å². The second kappa shape index (κ2) is 7.36. The van der Waals surface area contributed by atoms with E-state index in [1.54, 1.807) is 0 Å². The van der Waals surface area contributed by atoms with Gasteiger partial charge in [0, 0.05) is 18.3 Å². The molecule has 134 valence electrons. The molecule has 1 nitrogen and oxygen atoms in total. The van der Waals surface area contributed by atoms with Crippen molar-refractivity contribution in [3.8, 4) is 0 Å². The molecule has 0 fully saturated rings. The quantitative estimate of drug-likeness (QED) is 0.529. The van der Waals surface area contributed by atoms with E-state index < -0.39 is 0 Å². The lowest BCUT2D eigenvalue weighted by Crippen LogP contribution is -2.36. The van der Waals surface area contributed by atoms with Crippen LogP contribution in [-0.2, 0) is 11.8 Å². The van der Waals surface area contributed by atoms with Gasteiger partial charge in [0.15, 0.2) is 0 Å². The Balaban J connectivity index is 2.03.